The first kappa shape index (κ1) is 21.8. The van der Waals surface area contributed by atoms with Crippen molar-refractivity contribution < 1.29 is 22.7 Å². The van der Waals surface area contributed by atoms with Crippen LogP contribution in [0.5, 0.6) is 11.5 Å². The molecule has 28 heavy (non-hydrogen) atoms. The van der Waals surface area contributed by atoms with Crippen molar-refractivity contribution in [2.75, 3.05) is 30.1 Å². The van der Waals surface area contributed by atoms with Crippen molar-refractivity contribution in [3.8, 4) is 11.5 Å². The number of benzene rings is 2. The maximum Gasteiger partial charge on any atom is 0.248 e. The van der Waals surface area contributed by atoms with Crippen LogP contribution in [-0.4, -0.2) is 40.8 Å². The molecule has 1 unspecified atom stereocenters. The Bertz CT molecular complexity index is 949. The highest BCUT2D eigenvalue weighted by Gasteiger charge is 2.32. The Kier molecular flexibility index (Phi) is 7.15. The summed E-state index contributed by atoms with van der Waals surface area (Å²) in [6, 6.07) is 10.4. The standard InChI is InChI=1S/C19H23ClN2O5S/c1-5-17(19(23)21-16-11-13(20)9-10-18(16)27-3)22(28(4,24)25)14-7-6-8-15(12-14)26-2/h6-12,17H,5H2,1-4H3,(H,21,23). The fourth-order valence-corrected chi connectivity index (χ4v) is 4.18. The topological polar surface area (TPSA) is 84.9 Å². The number of hydrogen-bond donors (Lipinski definition) is 1. The molecule has 1 atom stereocenters. The largest absolute Gasteiger partial charge is 0.497 e. The summed E-state index contributed by atoms with van der Waals surface area (Å²) < 4.78 is 36.5. The van der Waals surface area contributed by atoms with Gasteiger partial charge in [0.1, 0.15) is 17.5 Å². The van der Waals surface area contributed by atoms with E-state index in [0.717, 1.165) is 10.6 Å². The first-order valence-electron chi connectivity index (χ1n) is 8.49. The van der Waals surface area contributed by atoms with Gasteiger partial charge in [-0.3, -0.25) is 9.10 Å². The Morgan fingerprint density at radius 3 is 2.46 bits per heavy atom. The van der Waals surface area contributed by atoms with Gasteiger partial charge < -0.3 is 14.8 Å². The number of amides is 1. The summed E-state index contributed by atoms with van der Waals surface area (Å²) in [6.45, 7) is 1.73. The molecular weight excluding hydrogens is 404 g/mol. The van der Waals surface area contributed by atoms with E-state index in [1.165, 1.54) is 14.2 Å². The molecule has 0 heterocycles. The summed E-state index contributed by atoms with van der Waals surface area (Å²) in [5.41, 5.74) is 0.694. The molecule has 0 fully saturated rings. The number of hydrogen-bond acceptors (Lipinski definition) is 5. The van der Waals surface area contributed by atoms with Crippen molar-refractivity contribution >= 4 is 38.9 Å². The second-order valence-corrected chi connectivity index (χ2v) is 8.31. The number of carbonyl (C=O) groups excluding carboxylic acids is 1. The predicted octanol–water partition coefficient (Wildman–Crippen LogP) is 3.54. The van der Waals surface area contributed by atoms with Crippen LogP contribution < -0.4 is 19.1 Å². The summed E-state index contributed by atoms with van der Waals surface area (Å²) in [5.74, 6) is 0.397. The minimum atomic E-state index is -3.76. The normalized spacial score (nSPS) is 12.2. The van der Waals surface area contributed by atoms with E-state index < -0.39 is 22.0 Å². The number of rotatable bonds is 8. The Balaban J connectivity index is 2.43. The zero-order chi connectivity index (χ0) is 20.9. The summed E-state index contributed by atoms with van der Waals surface area (Å²) >= 11 is 6.01. The summed E-state index contributed by atoms with van der Waals surface area (Å²) in [4.78, 5) is 13.0. The van der Waals surface area contributed by atoms with Crippen LogP contribution in [0.4, 0.5) is 11.4 Å². The zero-order valence-electron chi connectivity index (χ0n) is 16.1. The molecule has 7 nitrogen and oxygen atoms in total. The van der Waals surface area contributed by atoms with Gasteiger partial charge in [0.2, 0.25) is 15.9 Å². The van der Waals surface area contributed by atoms with Crippen molar-refractivity contribution in [2.24, 2.45) is 0 Å². The molecule has 0 spiro atoms. The number of methoxy groups -OCH3 is 2. The molecule has 0 saturated heterocycles. The highest BCUT2D eigenvalue weighted by atomic mass is 35.5. The molecule has 0 radical (unpaired) electrons. The van der Waals surface area contributed by atoms with Gasteiger partial charge in [0, 0.05) is 11.1 Å². The van der Waals surface area contributed by atoms with E-state index in [2.05, 4.69) is 5.32 Å². The Morgan fingerprint density at radius 2 is 1.89 bits per heavy atom. The van der Waals surface area contributed by atoms with Gasteiger partial charge in [0.05, 0.1) is 31.9 Å². The average Bonchev–Trinajstić information content (AvgIpc) is 2.65. The number of halogens is 1. The molecule has 152 valence electrons. The van der Waals surface area contributed by atoms with E-state index in [1.807, 2.05) is 0 Å². The van der Waals surface area contributed by atoms with Crippen molar-refractivity contribution in [1.82, 2.24) is 0 Å². The van der Waals surface area contributed by atoms with Gasteiger partial charge in [0.25, 0.3) is 0 Å². The number of sulfonamides is 1. The summed E-state index contributed by atoms with van der Waals surface area (Å²) in [6.07, 6.45) is 1.31. The van der Waals surface area contributed by atoms with Crippen LogP contribution in [0.1, 0.15) is 13.3 Å². The second kappa shape index (κ2) is 9.16. The van der Waals surface area contributed by atoms with Gasteiger partial charge in [-0.2, -0.15) is 0 Å². The predicted molar refractivity (Wildman–Crippen MR) is 111 cm³/mol. The van der Waals surface area contributed by atoms with Crippen molar-refractivity contribution in [2.45, 2.75) is 19.4 Å². The van der Waals surface area contributed by atoms with Gasteiger partial charge in [-0.05, 0) is 36.8 Å². The third-order valence-corrected chi connectivity index (χ3v) is 5.47. The quantitative estimate of drug-likeness (QED) is 0.697. The Hall–Kier alpha value is -2.45. The fourth-order valence-electron chi connectivity index (χ4n) is 2.80. The monoisotopic (exact) mass is 426 g/mol. The smallest absolute Gasteiger partial charge is 0.248 e. The molecule has 0 aliphatic rings. The molecule has 1 N–H and O–H groups in total. The minimum Gasteiger partial charge on any atom is -0.497 e. The van der Waals surface area contributed by atoms with Gasteiger partial charge in [-0.1, -0.05) is 24.6 Å². The van der Waals surface area contributed by atoms with E-state index >= 15 is 0 Å². The Labute approximate surface area is 170 Å². The average molecular weight is 427 g/mol. The summed E-state index contributed by atoms with van der Waals surface area (Å²) in [5, 5.41) is 3.13. The summed E-state index contributed by atoms with van der Waals surface area (Å²) in [7, 11) is -0.803. The minimum absolute atomic E-state index is 0.249. The van der Waals surface area contributed by atoms with Gasteiger partial charge in [-0.15, -0.1) is 0 Å². The van der Waals surface area contributed by atoms with Crippen molar-refractivity contribution in [3.05, 3.63) is 47.5 Å². The lowest BCUT2D eigenvalue weighted by molar-refractivity contribution is -0.117. The van der Waals surface area contributed by atoms with E-state index in [-0.39, 0.29) is 6.42 Å². The number of ether oxygens (including phenoxy) is 2. The lowest BCUT2D eigenvalue weighted by atomic mass is 10.1. The second-order valence-electron chi connectivity index (χ2n) is 6.02. The van der Waals surface area contributed by atoms with Gasteiger partial charge in [-0.25, -0.2) is 8.42 Å². The van der Waals surface area contributed by atoms with Crippen LogP contribution >= 0.6 is 11.6 Å². The van der Waals surface area contributed by atoms with Gasteiger partial charge in [0.15, 0.2) is 0 Å². The lowest BCUT2D eigenvalue weighted by Crippen LogP contribution is -2.47. The highest BCUT2D eigenvalue weighted by Crippen LogP contribution is 2.30. The van der Waals surface area contributed by atoms with Crippen LogP contribution in [0.15, 0.2) is 42.5 Å². The molecule has 0 bridgehead atoms. The molecule has 0 aromatic heterocycles. The molecule has 1 amide bonds. The third kappa shape index (κ3) is 5.08. The van der Waals surface area contributed by atoms with E-state index in [9.17, 15) is 13.2 Å². The first-order chi connectivity index (χ1) is 13.2. The molecule has 2 aromatic rings. The van der Waals surface area contributed by atoms with E-state index in [1.54, 1.807) is 49.4 Å². The number of anilines is 2. The van der Waals surface area contributed by atoms with Gasteiger partial charge >= 0.3 is 0 Å². The highest BCUT2D eigenvalue weighted by molar-refractivity contribution is 7.92. The lowest BCUT2D eigenvalue weighted by Gasteiger charge is -2.30. The molecule has 0 aliphatic carbocycles. The molecule has 2 rings (SSSR count). The van der Waals surface area contributed by atoms with Crippen molar-refractivity contribution in [1.29, 1.82) is 0 Å². The van der Waals surface area contributed by atoms with E-state index in [4.69, 9.17) is 21.1 Å². The molecule has 0 aliphatic heterocycles. The molecule has 2 aromatic carbocycles. The first-order valence-corrected chi connectivity index (χ1v) is 10.7. The number of carbonyl (C=O) groups is 1. The number of nitrogens with zero attached hydrogens (tertiary/aromatic N) is 1. The maximum absolute atomic E-state index is 13.0. The van der Waals surface area contributed by atoms with Crippen LogP contribution in [0.2, 0.25) is 5.02 Å². The fraction of sp³-hybridized carbons (Fsp3) is 0.316. The van der Waals surface area contributed by atoms with Crippen molar-refractivity contribution in [3.63, 3.8) is 0 Å². The molecule has 0 saturated carbocycles. The van der Waals surface area contributed by atoms with E-state index in [0.29, 0.717) is 27.9 Å². The van der Waals surface area contributed by atoms with Crippen LogP contribution in [0.3, 0.4) is 0 Å². The molecule has 9 heteroatoms. The van der Waals surface area contributed by atoms with Crippen LogP contribution in [0.25, 0.3) is 0 Å². The Morgan fingerprint density at radius 1 is 1.18 bits per heavy atom. The number of nitrogens with one attached hydrogen (secondary N) is 1. The zero-order valence-corrected chi connectivity index (χ0v) is 17.7. The maximum atomic E-state index is 13.0. The SMILES string of the molecule is CCC(C(=O)Nc1cc(Cl)ccc1OC)N(c1cccc(OC)c1)S(C)(=O)=O. The van der Waals surface area contributed by atoms with Crippen LogP contribution in [0, 0.1) is 0 Å². The van der Waals surface area contributed by atoms with Crippen LogP contribution in [-0.2, 0) is 14.8 Å². The molecular formula is C19H23ClN2O5S. The third-order valence-electron chi connectivity index (χ3n) is 4.06.